The minimum Gasteiger partial charge on any atom is -0.302 e. The van der Waals surface area contributed by atoms with Crippen molar-refractivity contribution in [2.75, 3.05) is 4.90 Å². The first-order chi connectivity index (χ1) is 20.0. The van der Waals surface area contributed by atoms with Gasteiger partial charge < -0.3 is 4.90 Å². The summed E-state index contributed by atoms with van der Waals surface area (Å²) in [6.07, 6.45) is 0. The molecule has 0 N–H and O–H groups in total. The Labute approximate surface area is 243 Å². The van der Waals surface area contributed by atoms with Gasteiger partial charge in [-0.15, -0.1) is 11.3 Å². The molecule has 0 aliphatic carbocycles. The highest BCUT2D eigenvalue weighted by molar-refractivity contribution is 7.19. The van der Waals surface area contributed by atoms with Crippen molar-refractivity contribution in [2.45, 2.75) is 13.8 Å². The van der Waals surface area contributed by atoms with E-state index in [1.165, 1.54) is 11.1 Å². The van der Waals surface area contributed by atoms with E-state index in [1.807, 2.05) is 12.1 Å². The lowest BCUT2D eigenvalue weighted by atomic mass is 10.1. The van der Waals surface area contributed by atoms with Crippen LogP contribution < -0.4 is 21.1 Å². The van der Waals surface area contributed by atoms with E-state index in [9.17, 15) is 9.59 Å². The summed E-state index contributed by atoms with van der Waals surface area (Å²) in [7, 11) is 0. The van der Waals surface area contributed by atoms with Crippen molar-refractivity contribution >= 4 is 66.9 Å². The van der Waals surface area contributed by atoms with Crippen LogP contribution >= 0.6 is 23.1 Å². The molecule has 198 valence electrons. The average Bonchev–Trinajstić information content (AvgIpc) is 3.73. The van der Waals surface area contributed by atoms with Crippen LogP contribution in [0.4, 0.5) is 22.1 Å². The fourth-order valence-corrected chi connectivity index (χ4v) is 6.64. The highest BCUT2D eigenvalue weighted by Gasteiger charge is 2.19. The van der Waals surface area contributed by atoms with Crippen molar-refractivity contribution in [1.29, 1.82) is 0 Å². The van der Waals surface area contributed by atoms with Gasteiger partial charge >= 0.3 is 0 Å². The Bertz CT molecular complexity index is 2180. The van der Waals surface area contributed by atoms with Crippen LogP contribution in [0, 0.1) is 13.8 Å². The third-order valence-electron chi connectivity index (χ3n) is 7.14. The minimum absolute atomic E-state index is 0.151. The summed E-state index contributed by atoms with van der Waals surface area (Å²) in [5.74, 6) is 0. The molecule has 0 bridgehead atoms. The van der Waals surface area contributed by atoms with Crippen molar-refractivity contribution in [3.8, 4) is 10.4 Å². The molecule has 0 aliphatic heterocycles. The SMILES string of the molecule is Cc1ccc(N(c2ccc(C)cc2)c2ccc(-c3ccc(/N=c4\c(=O)c(=O)c5ccccc45)c4nsnc34)s2)cc1. The lowest BCUT2D eigenvalue weighted by Crippen LogP contribution is -2.30. The Morgan fingerprint density at radius 2 is 1.29 bits per heavy atom. The number of hydrogen-bond acceptors (Lipinski definition) is 8. The molecule has 6 nitrogen and oxygen atoms in total. The normalized spacial score (nSPS) is 12.0. The van der Waals surface area contributed by atoms with E-state index >= 15 is 0 Å². The first-order valence-electron chi connectivity index (χ1n) is 13.0. The zero-order valence-electron chi connectivity index (χ0n) is 22.2. The quantitative estimate of drug-likeness (QED) is 0.201. The standard InChI is InChI=1S/C33H22N4O2S2/c1-19-7-11-21(12-8-19)37(22-13-9-20(2)10-14-22)28-18-17-27(40-28)25-15-16-26(31-29(25)35-41-36-31)34-30-23-5-3-4-6-24(23)32(38)33(30)39/h3-18H,1-2H3/b34-30-. The first-order valence-corrected chi connectivity index (χ1v) is 14.6. The van der Waals surface area contributed by atoms with Crippen molar-refractivity contribution < 1.29 is 0 Å². The Hall–Kier alpha value is -4.79. The van der Waals surface area contributed by atoms with Crippen LogP contribution in [0.3, 0.4) is 0 Å². The number of nitrogens with zero attached hydrogens (tertiary/aromatic N) is 4. The molecule has 7 rings (SSSR count). The maximum atomic E-state index is 12.8. The second-order valence-corrected chi connectivity index (χ2v) is 11.5. The van der Waals surface area contributed by atoms with Crippen LogP contribution in [0.2, 0.25) is 0 Å². The summed E-state index contributed by atoms with van der Waals surface area (Å²) in [5, 5.41) is 2.16. The number of aryl methyl sites for hydroxylation is 2. The maximum absolute atomic E-state index is 12.8. The second kappa shape index (κ2) is 9.99. The van der Waals surface area contributed by atoms with Crippen LogP contribution in [0.15, 0.2) is 112 Å². The summed E-state index contributed by atoms with van der Waals surface area (Å²) in [6, 6.07) is 32.0. The highest BCUT2D eigenvalue weighted by atomic mass is 32.1. The molecule has 2 heterocycles. The van der Waals surface area contributed by atoms with Gasteiger partial charge in [0.1, 0.15) is 21.4 Å². The highest BCUT2D eigenvalue weighted by Crippen LogP contribution is 2.43. The largest absolute Gasteiger partial charge is 0.302 e. The van der Waals surface area contributed by atoms with Gasteiger partial charge in [0.15, 0.2) is 0 Å². The van der Waals surface area contributed by atoms with Gasteiger partial charge in [-0.3, -0.25) is 9.59 Å². The number of rotatable bonds is 5. The lowest BCUT2D eigenvalue weighted by molar-refractivity contribution is 1.29. The van der Waals surface area contributed by atoms with Crippen LogP contribution in [-0.4, -0.2) is 8.75 Å². The molecule has 7 aromatic rings. The molecule has 0 fully saturated rings. The summed E-state index contributed by atoms with van der Waals surface area (Å²) in [6.45, 7) is 4.17. The monoisotopic (exact) mass is 570 g/mol. The van der Waals surface area contributed by atoms with E-state index in [1.54, 1.807) is 35.6 Å². The van der Waals surface area contributed by atoms with Gasteiger partial charge in [-0.2, -0.15) is 8.75 Å². The summed E-state index contributed by atoms with van der Waals surface area (Å²) in [5.41, 5.74) is 6.23. The van der Waals surface area contributed by atoms with Crippen LogP contribution in [0.1, 0.15) is 11.1 Å². The molecule has 0 saturated heterocycles. The Balaban J connectivity index is 1.34. The molecule has 0 aliphatic rings. The zero-order chi connectivity index (χ0) is 28.1. The molecular weight excluding hydrogens is 549 g/mol. The lowest BCUT2D eigenvalue weighted by Gasteiger charge is -2.24. The smallest absolute Gasteiger partial charge is 0.252 e. The second-order valence-electron chi connectivity index (χ2n) is 9.90. The Kier molecular flexibility index (Phi) is 6.14. The molecule has 0 spiro atoms. The van der Waals surface area contributed by atoms with E-state index in [0.29, 0.717) is 27.5 Å². The fraction of sp³-hybridized carbons (Fsp3) is 0.0606. The van der Waals surface area contributed by atoms with Gasteiger partial charge in [0.2, 0.25) is 5.43 Å². The first kappa shape index (κ1) is 25.2. The Morgan fingerprint density at radius 1 is 0.659 bits per heavy atom. The van der Waals surface area contributed by atoms with E-state index in [4.69, 9.17) is 0 Å². The summed E-state index contributed by atoms with van der Waals surface area (Å²) >= 11 is 2.77. The third kappa shape index (κ3) is 4.38. The van der Waals surface area contributed by atoms with Gasteiger partial charge in [0.25, 0.3) is 5.43 Å². The molecule has 2 aromatic heterocycles. The molecule has 5 aromatic carbocycles. The van der Waals surface area contributed by atoms with Crippen LogP contribution in [0.25, 0.3) is 32.2 Å². The number of aromatic nitrogens is 2. The van der Waals surface area contributed by atoms with Crippen molar-refractivity contribution in [3.05, 3.63) is 134 Å². The molecule has 0 amide bonds. The van der Waals surface area contributed by atoms with Gasteiger partial charge in [-0.1, -0.05) is 59.7 Å². The van der Waals surface area contributed by atoms with E-state index in [0.717, 1.165) is 38.5 Å². The number of anilines is 3. The van der Waals surface area contributed by atoms with Gasteiger partial charge in [-0.25, -0.2) is 4.99 Å². The summed E-state index contributed by atoms with van der Waals surface area (Å²) < 4.78 is 9.12. The van der Waals surface area contributed by atoms with E-state index in [2.05, 4.69) is 93.2 Å². The van der Waals surface area contributed by atoms with Crippen molar-refractivity contribution in [2.24, 2.45) is 4.99 Å². The third-order valence-corrected chi connectivity index (χ3v) is 8.77. The predicted octanol–water partition coefficient (Wildman–Crippen LogP) is 7.49. The molecule has 0 atom stereocenters. The number of fused-ring (bicyclic) bond motifs is 2. The van der Waals surface area contributed by atoms with Gasteiger partial charge in [0, 0.05) is 32.6 Å². The predicted molar refractivity (Wildman–Crippen MR) is 169 cm³/mol. The Morgan fingerprint density at radius 3 is 1.98 bits per heavy atom. The number of benzene rings is 4. The summed E-state index contributed by atoms with van der Waals surface area (Å²) in [4.78, 5) is 33.2. The fourth-order valence-electron chi connectivity index (χ4n) is 5.00. The topological polar surface area (TPSA) is 75.5 Å². The van der Waals surface area contributed by atoms with Crippen molar-refractivity contribution in [1.82, 2.24) is 8.75 Å². The molecule has 0 radical (unpaired) electrons. The number of hydrogen-bond donors (Lipinski definition) is 0. The van der Waals surface area contributed by atoms with E-state index < -0.39 is 10.9 Å². The van der Waals surface area contributed by atoms with Crippen LogP contribution in [0.5, 0.6) is 0 Å². The number of thiophene rings is 1. The van der Waals surface area contributed by atoms with E-state index in [-0.39, 0.29) is 5.36 Å². The molecule has 0 saturated carbocycles. The van der Waals surface area contributed by atoms with Crippen molar-refractivity contribution in [3.63, 3.8) is 0 Å². The molecule has 0 unspecified atom stereocenters. The molecular formula is C33H22N4O2S2. The van der Waals surface area contributed by atoms with Gasteiger partial charge in [-0.05, 0) is 62.4 Å². The molecule has 8 heteroatoms. The average molecular weight is 571 g/mol. The van der Waals surface area contributed by atoms with Crippen LogP contribution in [-0.2, 0) is 0 Å². The van der Waals surface area contributed by atoms with Gasteiger partial charge in [0.05, 0.1) is 17.4 Å². The zero-order valence-corrected chi connectivity index (χ0v) is 23.8. The maximum Gasteiger partial charge on any atom is 0.252 e. The molecule has 41 heavy (non-hydrogen) atoms. The minimum atomic E-state index is -0.596.